The minimum Gasteiger partial charge on any atom is -0.378 e. The lowest BCUT2D eigenvalue weighted by Gasteiger charge is -1.92. The van der Waals surface area contributed by atoms with Crippen LogP contribution in [0.1, 0.15) is 0 Å². The maximum atomic E-state index is 5.28. The molecule has 0 bridgehead atoms. The third kappa shape index (κ3) is 4.97. The lowest BCUT2D eigenvalue weighted by molar-refractivity contribution is 0.257. The molecule has 0 saturated heterocycles. The van der Waals surface area contributed by atoms with E-state index in [0.717, 1.165) is 0 Å². The highest BCUT2D eigenvalue weighted by Gasteiger charge is 1.92. The van der Waals surface area contributed by atoms with Crippen molar-refractivity contribution in [2.24, 2.45) is 0 Å². The monoisotopic (exact) mass is 146 g/mol. The van der Waals surface area contributed by atoms with E-state index in [1.165, 1.54) is 0 Å². The Bertz CT molecular complexity index is 32.7. The molecule has 0 aromatic rings. The van der Waals surface area contributed by atoms with Gasteiger partial charge >= 0.3 is 0 Å². The lowest BCUT2D eigenvalue weighted by atomic mass is 11.5. The molecule has 0 unspecified atom stereocenters. The van der Waals surface area contributed by atoms with Gasteiger partial charge in [-0.2, -0.15) is 0 Å². The van der Waals surface area contributed by atoms with Crippen LogP contribution in [0.25, 0.3) is 0 Å². The highest BCUT2D eigenvalue weighted by Crippen LogP contribution is 2.45. The molecular weight excluding hydrogens is 142 g/mol. The van der Waals surface area contributed by atoms with Crippen molar-refractivity contribution in [3.63, 3.8) is 0 Å². The SMILES string of the molecule is COCP(Cl)Cl. The third-order valence-corrected chi connectivity index (χ3v) is 1.27. The van der Waals surface area contributed by atoms with Gasteiger partial charge in [0.25, 0.3) is 0 Å². The molecule has 38 valence electrons. The average Bonchev–Trinajstić information content (AvgIpc) is 1.35. The zero-order valence-electron chi connectivity index (χ0n) is 3.32. The summed E-state index contributed by atoms with van der Waals surface area (Å²) in [4.78, 5) is 0. The number of ether oxygens (including phenoxy) is 1. The molecule has 0 amide bonds. The van der Waals surface area contributed by atoms with E-state index in [1.54, 1.807) is 7.11 Å². The van der Waals surface area contributed by atoms with Crippen LogP contribution < -0.4 is 0 Å². The second kappa shape index (κ2) is 4.14. The number of hydrogen-bond donors (Lipinski definition) is 0. The number of halogens is 2. The first-order chi connectivity index (χ1) is 2.77. The standard InChI is InChI=1S/C2H5Cl2OP/c1-5-2-6(3)4/h2H2,1H3. The molecule has 0 aliphatic heterocycles. The first-order valence-electron chi connectivity index (χ1n) is 1.35. The van der Waals surface area contributed by atoms with Gasteiger partial charge in [0.15, 0.2) is 0 Å². The summed E-state index contributed by atoms with van der Waals surface area (Å²) in [6.45, 7) is -0.878. The zero-order chi connectivity index (χ0) is 4.99. The first kappa shape index (κ1) is 6.97. The predicted molar refractivity (Wildman–Crippen MR) is 30.5 cm³/mol. The summed E-state index contributed by atoms with van der Waals surface area (Å²) in [6, 6.07) is 0. The van der Waals surface area contributed by atoms with Gasteiger partial charge in [0.2, 0.25) is 0 Å². The van der Waals surface area contributed by atoms with Gasteiger partial charge in [0.05, 0.1) is 6.35 Å². The molecule has 0 N–H and O–H groups in total. The highest BCUT2D eigenvalue weighted by molar-refractivity contribution is 8.03. The molecule has 0 atom stereocenters. The Morgan fingerprint density at radius 1 is 1.67 bits per heavy atom. The van der Waals surface area contributed by atoms with Crippen molar-refractivity contribution < 1.29 is 4.74 Å². The van der Waals surface area contributed by atoms with Crippen molar-refractivity contribution in [1.82, 2.24) is 0 Å². The summed E-state index contributed by atoms with van der Waals surface area (Å²) in [7, 11) is 1.57. The van der Waals surface area contributed by atoms with Crippen molar-refractivity contribution in [2.75, 3.05) is 13.5 Å². The summed E-state index contributed by atoms with van der Waals surface area (Å²) in [5.41, 5.74) is 0. The molecule has 1 nitrogen and oxygen atoms in total. The average molecular weight is 147 g/mol. The number of hydrogen-bond acceptors (Lipinski definition) is 1. The van der Waals surface area contributed by atoms with Crippen molar-refractivity contribution in [3.8, 4) is 0 Å². The van der Waals surface area contributed by atoms with E-state index >= 15 is 0 Å². The Labute approximate surface area is 47.9 Å². The van der Waals surface area contributed by atoms with Gasteiger partial charge in [-0.05, 0) is 0 Å². The molecule has 0 fully saturated rings. The molecule has 0 aromatic carbocycles. The second-order valence-corrected chi connectivity index (χ2v) is 4.55. The summed E-state index contributed by atoms with van der Waals surface area (Å²) >= 11 is 10.6. The van der Waals surface area contributed by atoms with Crippen LogP contribution in [-0.2, 0) is 4.74 Å². The van der Waals surface area contributed by atoms with Crippen molar-refractivity contribution in [3.05, 3.63) is 0 Å². The smallest absolute Gasteiger partial charge is 0.112 e. The van der Waals surface area contributed by atoms with Crippen molar-refractivity contribution in [1.29, 1.82) is 0 Å². The van der Waals surface area contributed by atoms with Gasteiger partial charge in [-0.3, -0.25) is 0 Å². The van der Waals surface area contributed by atoms with Gasteiger partial charge in [0.1, 0.15) is 6.63 Å². The molecule has 0 aliphatic carbocycles. The number of methoxy groups -OCH3 is 1. The van der Waals surface area contributed by atoms with Crippen LogP contribution in [0.3, 0.4) is 0 Å². The summed E-state index contributed by atoms with van der Waals surface area (Å²) < 4.78 is 4.57. The van der Waals surface area contributed by atoms with Gasteiger partial charge < -0.3 is 4.74 Å². The van der Waals surface area contributed by atoms with Crippen LogP contribution >= 0.6 is 29.1 Å². The van der Waals surface area contributed by atoms with Crippen LogP contribution in [0, 0.1) is 0 Å². The molecule has 4 heteroatoms. The summed E-state index contributed by atoms with van der Waals surface area (Å²) in [5, 5.41) is 0. The van der Waals surface area contributed by atoms with E-state index in [9.17, 15) is 0 Å². The Hall–Kier alpha value is 0.970. The van der Waals surface area contributed by atoms with Gasteiger partial charge in [-0.1, -0.05) is 22.5 Å². The van der Waals surface area contributed by atoms with E-state index in [4.69, 9.17) is 22.5 Å². The molecular formula is C2H5Cl2OP. The Morgan fingerprint density at radius 2 is 2.17 bits per heavy atom. The van der Waals surface area contributed by atoms with Crippen molar-refractivity contribution >= 4 is 29.1 Å². The van der Waals surface area contributed by atoms with E-state index in [1.807, 2.05) is 0 Å². The minimum atomic E-state index is -0.878. The topological polar surface area (TPSA) is 9.23 Å². The quantitative estimate of drug-likeness (QED) is 0.544. The van der Waals surface area contributed by atoms with E-state index < -0.39 is 6.63 Å². The van der Waals surface area contributed by atoms with E-state index in [-0.39, 0.29) is 0 Å². The third-order valence-electron chi connectivity index (χ3n) is 0.227. The molecule has 0 radical (unpaired) electrons. The summed E-state index contributed by atoms with van der Waals surface area (Å²) in [5.74, 6) is 0. The first-order valence-corrected chi connectivity index (χ1v) is 4.69. The van der Waals surface area contributed by atoms with Gasteiger partial charge in [-0.15, -0.1) is 0 Å². The van der Waals surface area contributed by atoms with Crippen molar-refractivity contribution in [2.45, 2.75) is 0 Å². The fourth-order valence-electron chi connectivity index (χ4n) is 0.0976. The predicted octanol–water partition coefficient (Wildman–Crippen LogP) is 2.38. The maximum absolute atomic E-state index is 5.28. The van der Waals surface area contributed by atoms with E-state index in [2.05, 4.69) is 4.74 Å². The minimum absolute atomic E-state index is 0.471. The molecule has 0 rings (SSSR count). The molecule has 0 aromatic heterocycles. The Kier molecular flexibility index (Phi) is 4.81. The molecule has 0 aliphatic rings. The molecule has 0 heterocycles. The van der Waals surface area contributed by atoms with Crippen LogP contribution in [0.5, 0.6) is 0 Å². The van der Waals surface area contributed by atoms with Crippen LogP contribution in [-0.4, -0.2) is 13.5 Å². The lowest BCUT2D eigenvalue weighted by Crippen LogP contribution is -1.74. The van der Waals surface area contributed by atoms with Crippen LogP contribution in [0.2, 0.25) is 0 Å². The molecule has 0 spiro atoms. The fourth-order valence-corrected chi connectivity index (χ4v) is 0.878. The molecule has 0 saturated carbocycles. The highest BCUT2D eigenvalue weighted by atomic mass is 35.9. The summed E-state index contributed by atoms with van der Waals surface area (Å²) in [6.07, 6.45) is 0.471. The second-order valence-electron chi connectivity index (χ2n) is 0.721. The number of rotatable bonds is 2. The normalized spacial score (nSPS) is 10.0. The van der Waals surface area contributed by atoms with E-state index in [0.29, 0.717) is 6.35 Å². The van der Waals surface area contributed by atoms with Gasteiger partial charge in [0, 0.05) is 7.11 Å². The van der Waals surface area contributed by atoms with Gasteiger partial charge in [-0.25, -0.2) is 0 Å². The Balaban J connectivity index is 2.63. The van der Waals surface area contributed by atoms with Crippen LogP contribution in [0.15, 0.2) is 0 Å². The van der Waals surface area contributed by atoms with Crippen LogP contribution in [0.4, 0.5) is 0 Å². The zero-order valence-corrected chi connectivity index (χ0v) is 5.72. The fraction of sp³-hybridized carbons (Fsp3) is 1.00. The molecule has 6 heavy (non-hydrogen) atoms. The Morgan fingerprint density at radius 3 is 2.17 bits per heavy atom. The largest absolute Gasteiger partial charge is 0.378 e. The maximum Gasteiger partial charge on any atom is 0.112 e.